The number of nitrogens with zero attached hydrogens (tertiary/aromatic N) is 7. The van der Waals surface area contributed by atoms with Crippen LogP contribution in [0, 0.1) is 0 Å². The first-order chi connectivity index (χ1) is 62.9. The number of hydrogen-bond donors (Lipinski definition) is 0. The number of aromatic nitrogens is 7. The molecule has 20 aromatic carbocycles. The summed E-state index contributed by atoms with van der Waals surface area (Å²) in [6, 6.07) is 146. The maximum Gasteiger partial charge on any atom is 0.235 e. The molecule has 0 fully saturated rings. The van der Waals surface area contributed by atoms with E-state index < -0.39 is 0 Å². The zero-order chi connectivity index (χ0) is 83.5. The Labute approximate surface area is 731 Å². The zero-order valence-electron chi connectivity index (χ0n) is 68.3. The summed E-state index contributed by atoms with van der Waals surface area (Å²) >= 11 is 6.40. The molecule has 127 heavy (non-hydrogen) atoms. The second kappa shape index (κ2) is 28.8. The van der Waals surface area contributed by atoms with Crippen LogP contribution in [0.1, 0.15) is 11.1 Å². The molecule has 592 valence electrons. The molecular weight excluding hydrogens is 1570 g/mol. The van der Waals surface area contributed by atoms with E-state index in [0.29, 0.717) is 5.95 Å². The molecule has 1 aliphatic rings. The number of hydrogen-bond acceptors (Lipinski definition) is 6. The average molecular weight is 1640 g/mol. The smallest absolute Gasteiger partial charge is 0.235 e. The van der Waals surface area contributed by atoms with E-state index in [1.54, 1.807) is 0 Å². The molecule has 7 aromatic heterocycles. The molecule has 28 rings (SSSR count). The van der Waals surface area contributed by atoms with Gasteiger partial charge in [0.1, 0.15) is 22.3 Å². The number of para-hydroxylation sites is 6. The lowest BCUT2D eigenvalue weighted by atomic mass is 9.93. The van der Waals surface area contributed by atoms with Gasteiger partial charge in [0, 0.05) is 99.1 Å². The molecule has 0 N–H and O–H groups in total. The van der Waals surface area contributed by atoms with Crippen molar-refractivity contribution in [3.63, 3.8) is 0 Å². The van der Waals surface area contributed by atoms with Gasteiger partial charge >= 0.3 is 0 Å². The van der Waals surface area contributed by atoms with Gasteiger partial charge < -0.3 is 18.0 Å². The number of furan rings is 2. The summed E-state index contributed by atoms with van der Waals surface area (Å²) in [7, 11) is 0. The van der Waals surface area contributed by atoms with Crippen LogP contribution in [0.3, 0.4) is 0 Å². The van der Waals surface area contributed by atoms with Crippen molar-refractivity contribution in [3.8, 4) is 73.2 Å². The van der Waals surface area contributed by atoms with Gasteiger partial charge in [0.25, 0.3) is 0 Å². The first kappa shape index (κ1) is 72.1. The fraction of sp³-hybridized carbons (Fsp3) is 0.00855. The van der Waals surface area contributed by atoms with E-state index in [-0.39, 0.29) is 5.28 Å². The SMILES string of the molecule is Clc1nc(-c2ccc3c(c2)c2ccccc2n3-c2ccccc2)c2c(ccc3ccccc32)n1.c1ccc(-c2ccc3c(c2)-c2c(c4oc5ccccc5c4c4ccccc24)C3)cc1.c1ccc(-c2ccc3c(c2)c2c4ccccc4c4c5ccccc5oc4c2n3-c2nc(-c3ccc4c(c3)c3ccccc3n4-c3ccccc3)c3c(ccc4ccccc43)n2)cc1. The Bertz CT molecular complexity index is 9270. The van der Waals surface area contributed by atoms with E-state index in [1.807, 2.05) is 24.3 Å². The predicted octanol–water partition coefficient (Wildman–Crippen LogP) is 31.5. The van der Waals surface area contributed by atoms with Crippen molar-refractivity contribution < 1.29 is 8.83 Å². The molecule has 0 saturated heterocycles. The first-order valence-corrected chi connectivity index (χ1v) is 43.4. The Morgan fingerprint density at radius 3 is 1.22 bits per heavy atom. The van der Waals surface area contributed by atoms with Crippen molar-refractivity contribution in [2.75, 3.05) is 0 Å². The summed E-state index contributed by atoms with van der Waals surface area (Å²) in [6.45, 7) is 0. The third-order valence-electron chi connectivity index (χ3n) is 26.1. The molecule has 10 heteroatoms. The first-order valence-electron chi connectivity index (χ1n) is 43.0. The minimum absolute atomic E-state index is 0.254. The normalized spacial score (nSPS) is 12.1. The lowest BCUT2D eigenvalue weighted by molar-refractivity contribution is 0.665. The van der Waals surface area contributed by atoms with Crippen LogP contribution in [0.4, 0.5) is 0 Å². The maximum absolute atomic E-state index is 6.99. The molecule has 0 aliphatic heterocycles. The Balaban J connectivity index is 0.000000112. The minimum Gasteiger partial charge on any atom is -0.456 e. The predicted molar refractivity (Wildman–Crippen MR) is 528 cm³/mol. The molecule has 0 atom stereocenters. The second-order valence-corrected chi connectivity index (χ2v) is 33.4. The summed E-state index contributed by atoms with van der Waals surface area (Å²) in [4.78, 5) is 20.5. The van der Waals surface area contributed by atoms with Gasteiger partial charge in [-0.1, -0.05) is 309 Å². The topological polar surface area (TPSA) is 92.6 Å². The largest absolute Gasteiger partial charge is 0.456 e. The zero-order valence-corrected chi connectivity index (χ0v) is 69.0. The molecular formula is C117H70ClN7O2. The highest BCUT2D eigenvalue weighted by Crippen LogP contribution is 2.52. The van der Waals surface area contributed by atoms with Crippen LogP contribution in [0.5, 0.6) is 0 Å². The van der Waals surface area contributed by atoms with Gasteiger partial charge in [-0.05, 0) is 197 Å². The van der Waals surface area contributed by atoms with Gasteiger partial charge in [0.2, 0.25) is 11.2 Å². The quantitative estimate of drug-likeness (QED) is 0.117. The van der Waals surface area contributed by atoms with E-state index in [1.165, 1.54) is 82.0 Å². The fourth-order valence-electron chi connectivity index (χ4n) is 20.6. The van der Waals surface area contributed by atoms with Gasteiger partial charge in [0.05, 0.1) is 50.0 Å². The van der Waals surface area contributed by atoms with Crippen molar-refractivity contribution in [2.24, 2.45) is 0 Å². The monoisotopic (exact) mass is 1640 g/mol. The molecule has 0 amide bonds. The Kier molecular flexibility index (Phi) is 16.3. The molecule has 0 bridgehead atoms. The van der Waals surface area contributed by atoms with Crippen LogP contribution < -0.4 is 0 Å². The Morgan fingerprint density at radius 1 is 0.252 bits per heavy atom. The molecule has 27 aromatic rings. The molecule has 0 unspecified atom stereocenters. The van der Waals surface area contributed by atoms with Crippen molar-refractivity contribution in [3.05, 3.63) is 429 Å². The van der Waals surface area contributed by atoms with Gasteiger partial charge in [-0.3, -0.25) is 4.57 Å². The van der Waals surface area contributed by atoms with Crippen molar-refractivity contribution in [1.29, 1.82) is 0 Å². The van der Waals surface area contributed by atoms with E-state index in [0.717, 1.165) is 177 Å². The number of benzene rings is 20. The molecule has 0 spiro atoms. The van der Waals surface area contributed by atoms with Gasteiger partial charge in [-0.2, -0.15) is 0 Å². The van der Waals surface area contributed by atoms with E-state index in [2.05, 4.69) is 407 Å². The summed E-state index contributed by atoms with van der Waals surface area (Å²) in [5.41, 5.74) is 28.2. The Hall–Kier alpha value is -16.6. The van der Waals surface area contributed by atoms with Crippen molar-refractivity contribution in [1.82, 2.24) is 33.6 Å². The second-order valence-electron chi connectivity index (χ2n) is 33.0. The molecule has 7 heterocycles. The maximum atomic E-state index is 6.99. The van der Waals surface area contributed by atoms with Crippen LogP contribution >= 0.6 is 11.6 Å². The van der Waals surface area contributed by atoms with Crippen LogP contribution in [0.2, 0.25) is 5.28 Å². The Morgan fingerprint density at radius 2 is 0.654 bits per heavy atom. The standard InChI is InChI=1S/C58H34N4O.C30H18ClN3.C29H18O/c1-3-15-35(16-4-1)37-28-31-50-46(33-37)52-42-22-9-10-23-43(42)53-44-24-12-14-26-51(44)63-57(53)56(52)62(50)58-59-47-30-27-36-17-7-8-20-40(36)54(47)55(60-58)38-29-32-49-45(34-38)41-21-11-13-25-48(41)61(49)39-18-5-2-6-19-39;31-30-32-25-16-14-19-8-4-5-11-22(19)28(25)29(33-30)20-15-17-27-24(18-20)23-12-6-7-13-26(23)34(27)21-9-2-1-3-10-21;1-2-8-18(9-3-1)19-14-15-20-17-25-27(24(20)16-19)21-10-4-5-11-22(21)28-23-12-6-7-13-26(23)30-29(25)28/h1-34H;1-18H;1-16H,17H2. The van der Waals surface area contributed by atoms with Gasteiger partial charge in [-0.15, -0.1) is 0 Å². The molecule has 1 aliphatic carbocycles. The van der Waals surface area contributed by atoms with Crippen LogP contribution in [0.25, 0.3) is 247 Å². The number of fused-ring (bicyclic) bond motifs is 32. The lowest BCUT2D eigenvalue weighted by Crippen LogP contribution is -2.04. The molecule has 9 nitrogen and oxygen atoms in total. The average Bonchev–Trinajstić information content (AvgIpc) is 1.53. The molecule has 0 radical (unpaired) electrons. The van der Waals surface area contributed by atoms with Crippen LogP contribution in [-0.4, -0.2) is 33.6 Å². The highest BCUT2D eigenvalue weighted by atomic mass is 35.5. The summed E-state index contributed by atoms with van der Waals surface area (Å²) in [5, 5.41) is 23.3. The lowest BCUT2D eigenvalue weighted by Gasteiger charge is -2.14. The summed E-state index contributed by atoms with van der Waals surface area (Å²) < 4.78 is 20.4. The molecule has 0 saturated carbocycles. The third kappa shape index (κ3) is 11.4. The van der Waals surface area contributed by atoms with E-state index >= 15 is 0 Å². The third-order valence-corrected chi connectivity index (χ3v) is 26.3. The summed E-state index contributed by atoms with van der Waals surface area (Å²) in [5.74, 6) is 0.587. The van der Waals surface area contributed by atoms with E-state index in [9.17, 15) is 0 Å². The summed E-state index contributed by atoms with van der Waals surface area (Å²) in [6.07, 6.45) is 0.918. The van der Waals surface area contributed by atoms with Gasteiger partial charge in [-0.25, -0.2) is 19.9 Å². The van der Waals surface area contributed by atoms with Crippen molar-refractivity contribution >= 4 is 186 Å². The highest BCUT2D eigenvalue weighted by Gasteiger charge is 2.31. The number of halogens is 1. The van der Waals surface area contributed by atoms with E-state index in [4.69, 9.17) is 35.4 Å². The minimum atomic E-state index is 0.254. The fourth-order valence-corrected chi connectivity index (χ4v) is 20.8. The van der Waals surface area contributed by atoms with Crippen molar-refractivity contribution in [2.45, 2.75) is 6.42 Å². The van der Waals surface area contributed by atoms with Gasteiger partial charge in [0.15, 0.2) is 5.58 Å². The highest BCUT2D eigenvalue weighted by molar-refractivity contribution is 6.36. The van der Waals surface area contributed by atoms with Crippen LogP contribution in [-0.2, 0) is 6.42 Å². The number of rotatable bonds is 7. The van der Waals surface area contributed by atoms with Crippen LogP contribution in [0.15, 0.2) is 421 Å².